The molecule has 1 aliphatic rings. The van der Waals surface area contributed by atoms with Crippen LogP contribution in [0.2, 0.25) is 0 Å². The van der Waals surface area contributed by atoms with Crippen LogP contribution in [-0.2, 0) is 34.0 Å². The van der Waals surface area contributed by atoms with Crippen LogP contribution in [0.25, 0.3) is 11.0 Å². The standard InChI is InChI=1S/C34H37N5O6/c40-23-34(17-7-2-8-18-34)39(21-30-36-27-11-5-6-12-28(27)37-30)20-24-13-15-26(16-14-24)31(41)35-19-29(32(42)43)38-33(44)45-22-25-9-3-1-4-10-25/h1,3-6,9-16,23,29H,2,7-8,17-22H2,(H,35,41)(H,36,37)(H,38,44)(H,42,43). The molecular weight excluding hydrogens is 574 g/mol. The first-order valence-corrected chi connectivity index (χ1v) is 15.1. The number of benzene rings is 3. The number of amides is 2. The first-order chi connectivity index (χ1) is 21.8. The van der Waals surface area contributed by atoms with Crippen molar-refractivity contribution in [2.75, 3.05) is 6.54 Å². The van der Waals surface area contributed by atoms with Crippen molar-refractivity contribution in [3.63, 3.8) is 0 Å². The van der Waals surface area contributed by atoms with E-state index in [1.54, 1.807) is 36.4 Å². The lowest BCUT2D eigenvalue weighted by atomic mass is 9.81. The molecule has 1 fully saturated rings. The number of ether oxygens (including phenoxy) is 1. The van der Waals surface area contributed by atoms with Crippen LogP contribution in [0.1, 0.15) is 59.4 Å². The number of nitrogens with one attached hydrogen (secondary N) is 3. The number of imidazole rings is 1. The second-order valence-electron chi connectivity index (χ2n) is 11.3. The Morgan fingerprint density at radius 2 is 1.64 bits per heavy atom. The van der Waals surface area contributed by atoms with E-state index in [9.17, 15) is 24.3 Å². The third-order valence-electron chi connectivity index (χ3n) is 8.21. The quantitative estimate of drug-likeness (QED) is 0.160. The highest BCUT2D eigenvalue weighted by Gasteiger charge is 2.38. The number of rotatable bonds is 13. The molecule has 0 saturated heterocycles. The number of aromatic nitrogens is 2. The highest BCUT2D eigenvalue weighted by Crippen LogP contribution is 2.34. The fourth-order valence-electron chi connectivity index (χ4n) is 5.69. The van der Waals surface area contributed by atoms with Crippen molar-refractivity contribution < 1.29 is 29.0 Å². The fraction of sp³-hybridized carbons (Fsp3) is 0.324. The van der Waals surface area contributed by atoms with Crippen LogP contribution in [0, 0.1) is 0 Å². The smallest absolute Gasteiger partial charge is 0.408 e. The van der Waals surface area contributed by atoms with Gasteiger partial charge in [-0.1, -0.05) is 73.9 Å². The zero-order chi connectivity index (χ0) is 31.6. The Morgan fingerprint density at radius 3 is 2.33 bits per heavy atom. The minimum absolute atomic E-state index is 0.0125. The van der Waals surface area contributed by atoms with Gasteiger partial charge in [-0.25, -0.2) is 14.6 Å². The summed E-state index contributed by atoms with van der Waals surface area (Å²) in [5.74, 6) is -1.01. The van der Waals surface area contributed by atoms with Gasteiger partial charge in [-0.05, 0) is 48.2 Å². The molecule has 4 aromatic rings. The van der Waals surface area contributed by atoms with Crippen molar-refractivity contribution >= 4 is 35.3 Å². The number of aldehydes is 1. The first kappa shape index (κ1) is 31.4. The predicted molar refractivity (Wildman–Crippen MR) is 167 cm³/mol. The number of carboxylic acid groups (broad SMARTS) is 1. The molecule has 234 valence electrons. The number of nitrogens with zero attached hydrogens (tertiary/aromatic N) is 2. The maximum absolute atomic E-state index is 12.9. The molecule has 1 atom stereocenters. The number of hydrogen-bond acceptors (Lipinski definition) is 7. The maximum Gasteiger partial charge on any atom is 0.408 e. The first-order valence-electron chi connectivity index (χ1n) is 15.1. The highest BCUT2D eigenvalue weighted by molar-refractivity contribution is 5.94. The number of para-hydroxylation sites is 2. The second-order valence-corrected chi connectivity index (χ2v) is 11.3. The second kappa shape index (κ2) is 14.6. The number of alkyl carbamates (subject to hydrolysis) is 1. The largest absolute Gasteiger partial charge is 0.480 e. The molecule has 1 aromatic heterocycles. The molecule has 4 N–H and O–H groups in total. The molecule has 3 aromatic carbocycles. The lowest BCUT2D eigenvalue weighted by Crippen LogP contribution is -2.50. The van der Waals surface area contributed by atoms with Crippen molar-refractivity contribution in [3.8, 4) is 0 Å². The lowest BCUT2D eigenvalue weighted by Gasteiger charge is -2.42. The van der Waals surface area contributed by atoms with E-state index in [4.69, 9.17) is 9.72 Å². The summed E-state index contributed by atoms with van der Waals surface area (Å²) in [4.78, 5) is 59.6. The molecule has 11 nitrogen and oxygen atoms in total. The van der Waals surface area contributed by atoms with E-state index < -0.39 is 29.6 Å². The topological polar surface area (TPSA) is 154 Å². The number of carboxylic acids is 1. The number of fused-ring (bicyclic) bond motifs is 1. The van der Waals surface area contributed by atoms with E-state index >= 15 is 0 Å². The van der Waals surface area contributed by atoms with Gasteiger partial charge in [0, 0.05) is 18.7 Å². The number of aromatic amines is 1. The van der Waals surface area contributed by atoms with E-state index in [0.29, 0.717) is 18.7 Å². The molecule has 1 aliphatic carbocycles. The molecule has 11 heteroatoms. The predicted octanol–water partition coefficient (Wildman–Crippen LogP) is 4.58. The number of H-pyrrole nitrogens is 1. The number of carbonyl (C=O) groups is 4. The lowest BCUT2D eigenvalue weighted by molar-refractivity contribution is -0.139. The fourth-order valence-corrected chi connectivity index (χ4v) is 5.69. The normalized spacial score (nSPS) is 14.9. The molecule has 0 aliphatic heterocycles. The SMILES string of the molecule is O=CC1(N(Cc2ccc(C(=O)NCC(NC(=O)OCc3ccccc3)C(=O)O)cc2)Cc2nc3ccccc3[nH]2)CCCCC1. The average Bonchev–Trinajstić information content (AvgIpc) is 3.49. The summed E-state index contributed by atoms with van der Waals surface area (Å²) in [7, 11) is 0. The average molecular weight is 612 g/mol. The van der Waals surface area contributed by atoms with E-state index in [1.807, 2.05) is 42.5 Å². The van der Waals surface area contributed by atoms with Crippen LogP contribution in [0.5, 0.6) is 0 Å². The highest BCUT2D eigenvalue weighted by atomic mass is 16.5. The van der Waals surface area contributed by atoms with E-state index in [1.165, 1.54) is 0 Å². The van der Waals surface area contributed by atoms with Crippen LogP contribution in [0.3, 0.4) is 0 Å². The molecule has 1 saturated carbocycles. The molecule has 0 spiro atoms. The van der Waals surface area contributed by atoms with E-state index in [-0.39, 0.29) is 13.2 Å². The monoisotopic (exact) mass is 611 g/mol. The van der Waals surface area contributed by atoms with Gasteiger partial charge >= 0.3 is 12.1 Å². The molecule has 1 heterocycles. The minimum atomic E-state index is -1.38. The van der Waals surface area contributed by atoms with Gasteiger partial charge < -0.3 is 30.3 Å². The Balaban J connectivity index is 1.20. The third-order valence-corrected chi connectivity index (χ3v) is 8.21. The summed E-state index contributed by atoms with van der Waals surface area (Å²) in [5, 5.41) is 14.4. The van der Waals surface area contributed by atoms with Crippen molar-refractivity contribution in [2.24, 2.45) is 0 Å². The van der Waals surface area contributed by atoms with E-state index in [0.717, 1.165) is 66.4 Å². The number of aliphatic carboxylic acids is 1. The molecular formula is C34H37N5O6. The number of hydrogen-bond donors (Lipinski definition) is 4. The van der Waals surface area contributed by atoms with Gasteiger partial charge in [0.15, 0.2) is 0 Å². The number of carbonyl (C=O) groups excluding carboxylic acids is 3. The van der Waals surface area contributed by atoms with Gasteiger partial charge in [0.25, 0.3) is 5.91 Å². The molecule has 5 rings (SSSR count). The summed E-state index contributed by atoms with van der Waals surface area (Å²) < 4.78 is 5.10. The van der Waals surface area contributed by atoms with Crippen molar-refractivity contribution in [1.29, 1.82) is 0 Å². The van der Waals surface area contributed by atoms with Crippen LogP contribution >= 0.6 is 0 Å². The Bertz CT molecular complexity index is 1580. The van der Waals surface area contributed by atoms with Gasteiger partial charge in [-0.2, -0.15) is 0 Å². The zero-order valence-corrected chi connectivity index (χ0v) is 24.9. The third kappa shape index (κ3) is 8.12. The van der Waals surface area contributed by atoms with Crippen molar-refractivity contribution in [3.05, 3.63) is 101 Å². The van der Waals surface area contributed by atoms with Crippen molar-refractivity contribution in [1.82, 2.24) is 25.5 Å². The minimum Gasteiger partial charge on any atom is -0.480 e. The van der Waals surface area contributed by atoms with Gasteiger partial charge in [0.1, 0.15) is 24.8 Å². The van der Waals surface area contributed by atoms with E-state index in [2.05, 4.69) is 20.5 Å². The summed E-state index contributed by atoms with van der Waals surface area (Å²) in [6.07, 6.45) is 4.79. The summed E-state index contributed by atoms with van der Waals surface area (Å²) in [5.41, 5.74) is 3.22. The van der Waals surface area contributed by atoms with Crippen molar-refractivity contribution in [2.45, 2.75) is 63.4 Å². The maximum atomic E-state index is 12.9. The van der Waals surface area contributed by atoms with Crippen LogP contribution in [0.15, 0.2) is 78.9 Å². The zero-order valence-electron chi connectivity index (χ0n) is 24.9. The summed E-state index contributed by atoms with van der Waals surface area (Å²) >= 11 is 0. The molecule has 0 bridgehead atoms. The Hall–Kier alpha value is -5.03. The van der Waals surface area contributed by atoms with Gasteiger partial charge in [0.2, 0.25) is 0 Å². The van der Waals surface area contributed by atoms with Gasteiger partial charge in [-0.15, -0.1) is 0 Å². The molecule has 1 unspecified atom stereocenters. The Labute approximate surface area is 261 Å². The molecule has 45 heavy (non-hydrogen) atoms. The van der Waals surface area contributed by atoms with Gasteiger partial charge in [0.05, 0.1) is 23.1 Å². The van der Waals surface area contributed by atoms with Crippen LogP contribution < -0.4 is 10.6 Å². The van der Waals surface area contributed by atoms with Gasteiger partial charge in [-0.3, -0.25) is 9.69 Å². The summed E-state index contributed by atoms with van der Waals surface area (Å²) in [6, 6.07) is 22.4. The Morgan fingerprint density at radius 1 is 0.933 bits per heavy atom. The summed E-state index contributed by atoms with van der Waals surface area (Å²) in [6.45, 7) is 0.603. The van der Waals surface area contributed by atoms with Crippen LogP contribution in [-0.4, -0.2) is 62.4 Å². The van der Waals surface area contributed by atoms with Crippen LogP contribution in [0.4, 0.5) is 4.79 Å². The molecule has 0 radical (unpaired) electrons. The Kier molecular flexibility index (Phi) is 10.2. The molecule has 2 amide bonds.